The number of alkyl halides is 2. The number of nitrogens with one attached hydrogen (secondary N) is 1. The maximum Gasteiger partial charge on any atom is 0.278 e. The normalized spacial score (nSPS) is 16.3. The van der Waals surface area contributed by atoms with E-state index < -0.39 is 29.3 Å². The lowest BCUT2D eigenvalue weighted by Gasteiger charge is -2.24. The molecule has 1 aliphatic rings. The highest BCUT2D eigenvalue weighted by molar-refractivity contribution is 5.95. The van der Waals surface area contributed by atoms with E-state index in [2.05, 4.69) is 40.6 Å². The number of nitrogens with zero attached hydrogens (tertiary/aromatic N) is 3. The number of benzene rings is 2. The highest BCUT2D eigenvalue weighted by atomic mass is 19.3. The molecular formula is C27H31F3N4. The third-order valence-electron chi connectivity index (χ3n) is 7.02. The zero-order valence-corrected chi connectivity index (χ0v) is 20.7. The molecule has 0 saturated carbocycles. The van der Waals surface area contributed by atoms with Crippen LogP contribution in [-0.2, 0) is 11.3 Å². The summed E-state index contributed by atoms with van der Waals surface area (Å²) in [5.74, 6) is -4.09. The highest BCUT2D eigenvalue weighted by Gasteiger charge is 2.40. The molecule has 0 fully saturated rings. The van der Waals surface area contributed by atoms with Crippen LogP contribution in [0, 0.1) is 18.7 Å². The van der Waals surface area contributed by atoms with Gasteiger partial charge < -0.3 is 10.2 Å². The predicted octanol–water partition coefficient (Wildman–Crippen LogP) is 7.24. The van der Waals surface area contributed by atoms with Gasteiger partial charge in [0.15, 0.2) is 0 Å². The molecule has 7 heteroatoms. The molecule has 0 saturated heterocycles. The average Bonchev–Trinajstić information content (AvgIpc) is 2.92. The molecular weight excluding hydrogens is 437 g/mol. The molecule has 34 heavy (non-hydrogen) atoms. The van der Waals surface area contributed by atoms with Crippen LogP contribution >= 0.6 is 0 Å². The lowest BCUT2D eigenvalue weighted by molar-refractivity contribution is -0.0545. The number of aromatic nitrogens is 2. The maximum atomic E-state index is 15.3. The molecule has 1 aromatic heterocycles. The van der Waals surface area contributed by atoms with E-state index in [4.69, 9.17) is 0 Å². The molecule has 0 radical (unpaired) electrons. The molecule has 0 unspecified atom stereocenters. The van der Waals surface area contributed by atoms with Gasteiger partial charge in [0.05, 0.1) is 17.1 Å². The Kier molecular flexibility index (Phi) is 5.66. The van der Waals surface area contributed by atoms with E-state index in [0.717, 1.165) is 33.9 Å². The number of halogens is 3. The van der Waals surface area contributed by atoms with Crippen LogP contribution in [0.4, 0.5) is 24.7 Å². The fourth-order valence-electron chi connectivity index (χ4n) is 4.62. The Hall–Kier alpha value is -3.09. The number of aryl methyl sites for hydroxylation is 1. The van der Waals surface area contributed by atoms with Gasteiger partial charge in [0.1, 0.15) is 17.5 Å². The minimum Gasteiger partial charge on any atom is -0.363 e. The van der Waals surface area contributed by atoms with Gasteiger partial charge in [0.2, 0.25) is 0 Å². The number of hydrogen-bond acceptors (Lipinski definition) is 4. The van der Waals surface area contributed by atoms with Crippen molar-refractivity contribution in [2.75, 3.05) is 17.3 Å². The van der Waals surface area contributed by atoms with Gasteiger partial charge in [0, 0.05) is 40.7 Å². The summed E-state index contributed by atoms with van der Waals surface area (Å²) in [4.78, 5) is 11.2. The summed E-state index contributed by atoms with van der Waals surface area (Å²) in [6.07, 6.45) is 0. The van der Waals surface area contributed by atoms with Crippen LogP contribution in [0.25, 0.3) is 10.9 Å². The van der Waals surface area contributed by atoms with Gasteiger partial charge in [-0.2, -0.15) is 0 Å². The summed E-state index contributed by atoms with van der Waals surface area (Å²) in [6.45, 7) is 14.8. The first-order chi connectivity index (χ1) is 15.8. The van der Waals surface area contributed by atoms with Gasteiger partial charge in [-0.15, -0.1) is 0 Å². The monoisotopic (exact) mass is 468 g/mol. The Labute approximate surface area is 198 Å². The Bertz CT molecular complexity index is 1300. The van der Waals surface area contributed by atoms with Crippen molar-refractivity contribution < 1.29 is 13.2 Å². The van der Waals surface area contributed by atoms with Crippen molar-refractivity contribution in [3.05, 3.63) is 70.9 Å². The molecule has 0 bridgehead atoms. The van der Waals surface area contributed by atoms with E-state index in [1.807, 2.05) is 19.2 Å². The molecule has 1 atom stereocenters. The van der Waals surface area contributed by atoms with E-state index >= 15 is 4.39 Å². The van der Waals surface area contributed by atoms with E-state index in [1.165, 1.54) is 26.0 Å². The summed E-state index contributed by atoms with van der Waals surface area (Å²) >= 11 is 0. The third kappa shape index (κ3) is 3.62. The van der Waals surface area contributed by atoms with Gasteiger partial charge >= 0.3 is 0 Å². The molecule has 2 aromatic carbocycles. The first-order valence-corrected chi connectivity index (χ1v) is 11.5. The van der Waals surface area contributed by atoms with Crippen molar-refractivity contribution in [1.29, 1.82) is 0 Å². The van der Waals surface area contributed by atoms with Crippen molar-refractivity contribution in [3.63, 3.8) is 0 Å². The number of allylic oxidation sites excluding steroid dienone is 1. The third-order valence-corrected chi connectivity index (χ3v) is 7.02. The quantitative estimate of drug-likeness (QED) is 0.429. The molecule has 2 heterocycles. The van der Waals surface area contributed by atoms with E-state index in [-0.39, 0.29) is 11.0 Å². The second-order valence-corrected chi connectivity index (χ2v) is 9.99. The molecule has 1 N–H and O–H groups in total. The van der Waals surface area contributed by atoms with Crippen LogP contribution in [0.3, 0.4) is 0 Å². The summed E-state index contributed by atoms with van der Waals surface area (Å²) in [7, 11) is 1.97. The molecule has 0 aliphatic carbocycles. The summed E-state index contributed by atoms with van der Waals surface area (Å²) in [6, 6.07) is 7.62. The minimum atomic E-state index is -3.27. The fraction of sp³-hybridized carbons (Fsp3) is 0.407. The smallest absolute Gasteiger partial charge is 0.278 e. The van der Waals surface area contributed by atoms with Crippen molar-refractivity contribution in [2.45, 2.75) is 58.9 Å². The molecule has 180 valence electrons. The Morgan fingerprint density at radius 1 is 1.12 bits per heavy atom. The van der Waals surface area contributed by atoms with Crippen molar-refractivity contribution >= 4 is 22.4 Å². The SMILES string of the molecule is C=C1N(C)c2cc3c(N[C@H](C)c4cccc(C(F)(F)C(C)C)c4F)nc(C)nc3cc2C1(C)C. The lowest BCUT2D eigenvalue weighted by Crippen LogP contribution is -2.24. The van der Waals surface area contributed by atoms with Gasteiger partial charge in [0.25, 0.3) is 5.92 Å². The van der Waals surface area contributed by atoms with Gasteiger partial charge in [-0.25, -0.2) is 23.1 Å². The Balaban J connectivity index is 1.79. The Morgan fingerprint density at radius 2 is 1.79 bits per heavy atom. The molecule has 0 amide bonds. The van der Waals surface area contributed by atoms with Crippen LogP contribution in [0.1, 0.15) is 63.2 Å². The predicted molar refractivity (Wildman–Crippen MR) is 132 cm³/mol. The number of anilines is 2. The standard InChI is InChI=1S/C27H31F3N4/c1-14(2)27(29,30)20-11-9-10-18(24(20)28)15(3)31-25-19-12-23-21(13-22(19)32-17(5)33-25)26(6,7)16(4)34(23)8/h9-15H,4H2,1-3,5-8H3,(H,31,32,33)/t15-/m1/s1. The maximum absolute atomic E-state index is 15.3. The average molecular weight is 469 g/mol. The largest absolute Gasteiger partial charge is 0.363 e. The first kappa shape index (κ1) is 24.0. The first-order valence-electron chi connectivity index (χ1n) is 11.5. The van der Waals surface area contributed by atoms with Crippen LogP contribution in [0.15, 0.2) is 42.6 Å². The van der Waals surface area contributed by atoms with Crippen molar-refractivity contribution in [3.8, 4) is 0 Å². The van der Waals surface area contributed by atoms with E-state index in [1.54, 1.807) is 13.8 Å². The second kappa shape index (κ2) is 8.00. The van der Waals surface area contributed by atoms with Crippen molar-refractivity contribution in [2.24, 2.45) is 5.92 Å². The molecule has 3 aromatic rings. The lowest BCUT2D eigenvalue weighted by atomic mass is 9.84. The summed E-state index contributed by atoms with van der Waals surface area (Å²) in [5, 5.41) is 4.03. The zero-order valence-electron chi connectivity index (χ0n) is 20.7. The number of likely N-dealkylation sites (N-methyl/N-ethyl adjacent to an activating group) is 1. The van der Waals surface area contributed by atoms with Gasteiger partial charge in [-0.05, 0) is 31.5 Å². The molecule has 4 nitrogen and oxygen atoms in total. The summed E-state index contributed by atoms with van der Waals surface area (Å²) < 4.78 is 44.5. The van der Waals surface area contributed by atoms with Crippen molar-refractivity contribution in [1.82, 2.24) is 9.97 Å². The number of rotatable bonds is 5. The Morgan fingerprint density at radius 3 is 2.44 bits per heavy atom. The second-order valence-electron chi connectivity index (χ2n) is 9.99. The van der Waals surface area contributed by atoms with Gasteiger partial charge in [-0.1, -0.05) is 52.5 Å². The molecule has 1 aliphatic heterocycles. The molecule has 4 rings (SSSR count). The van der Waals surface area contributed by atoms with E-state index in [9.17, 15) is 8.78 Å². The highest BCUT2D eigenvalue weighted by Crippen LogP contribution is 2.48. The zero-order chi connectivity index (χ0) is 25.2. The van der Waals surface area contributed by atoms with E-state index in [0.29, 0.717) is 11.6 Å². The van der Waals surface area contributed by atoms with Crippen LogP contribution in [0.2, 0.25) is 0 Å². The van der Waals surface area contributed by atoms with Crippen LogP contribution in [-0.4, -0.2) is 17.0 Å². The topological polar surface area (TPSA) is 41.0 Å². The number of fused-ring (bicyclic) bond motifs is 2. The molecule has 0 spiro atoms. The number of hydrogen-bond donors (Lipinski definition) is 1. The van der Waals surface area contributed by atoms with Gasteiger partial charge in [-0.3, -0.25) is 0 Å². The van der Waals surface area contributed by atoms with Crippen LogP contribution < -0.4 is 10.2 Å². The summed E-state index contributed by atoms with van der Waals surface area (Å²) in [5.41, 5.74) is 3.22. The van der Waals surface area contributed by atoms with Crippen LogP contribution in [0.5, 0.6) is 0 Å². The minimum absolute atomic E-state index is 0.162. The fourth-order valence-corrected chi connectivity index (χ4v) is 4.62.